The van der Waals surface area contributed by atoms with E-state index >= 15 is 0 Å². The molecule has 4 fully saturated rings. The number of nitrogens with one attached hydrogen (secondary N) is 3. The van der Waals surface area contributed by atoms with Gasteiger partial charge in [0.2, 0.25) is 35.4 Å². The molecule has 0 bridgehead atoms. The lowest BCUT2D eigenvalue weighted by Gasteiger charge is -2.39. The molecule has 4 saturated heterocycles. The topological polar surface area (TPSA) is 201 Å². The van der Waals surface area contributed by atoms with Crippen molar-refractivity contribution < 1.29 is 47.1 Å². The minimum absolute atomic E-state index is 0.0349. The SMILES string of the molecule is Cc1ccc(CC(=O)N[C@@H](Cc2cc(F)cc(F)c2)C(=O)N[C@@H]2C(=O)N3C[C@@H](N)C[C@H]3C(=O)N3CCCC[C@H]3C(=O)N[C@@H](C)C(=O)N3C[C@H](C)C[C@H]3C(=O)O[C@H]2C)cc1. The van der Waals surface area contributed by atoms with E-state index in [0.29, 0.717) is 30.9 Å². The molecular weight excluding hydrogens is 768 g/mol. The number of aryl methyl sites for hydroxylation is 1. The van der Waals surface area contributed by atoms with Gasteiger partial charge < -0.3 is 41.1 Å². The van der Waals surface area contributed by atoms with E-state index in [9.17, 15) is 42.3 Å². The van der Waals surface area contributed by atoms with Crippen molar-refractivity contribution in [3.63, 3.8) is 0 Å². The highest BCUT2D eigenvalue weighted by molar-refractivity contribution is 5.98. The molecule has 9 atom stereocenters. The van der Waals surface area contributed by atoms with Crippen molar-refractivity contribution in [2.24, 2.45) is 11.7 Å². The summed E-state index contributed by atoms with van der Waals surface area (Å²) in [5.74, 6) is -6.74. The zero-order valence-corrected chi connectivity index (χ0v) is 33.7. The Kier molecular flexibility index (Phi) is 13.3. The van der Waals surface area contributed by atoms with E-state index in [-0.39, 0.29) is 50.4 Å². The van der Waals surface area contributed by atoms with Crippen LogP contribution in [0.15, 0.2) is 42.5 Å². The van der Waals surface area contributed by atoms with Crippen LogP contribution in [0.4, 0.5) is 8.78 Å². The Bertz CT molecular complexity index is 1950. The summed E-state index contributed by atoms with van der Waals surface area (Å²) >= 11 is 0. The summed E-state index contributed by atoms with van der Waals surface area (Å²) in [6.45, 7) is 6.95. The van der Waals surface area contributed by atoms with Gasteiger partial charge in [-0.05, 0) is 82.1 Å². The number of rotatable bonds is 7. The van der Waals surface area contributed by atoms with Gasteiger partial charge in [-0.25, -0.2) is 13.6 Å². The Hall–Kier alpha value is -5.45. The number of ether oxygens (including phenoxy) is 1. The first kappa shape index (κ1) is 43.1. The first-order valence-electron chi connectivity index (χ1n) is 20.3. The molecule has 2 aromatic rings. The third-order valence-electron chi connectivity index (χ3n) is 11.6. The molecule has 0 aliphatic carbocycles. The van der Waals surface area contributed by atoms with Crippen LogP contribution < -0.4 is 21.7 Å². The third-order valence-corrected chi connectivity index (χ3v) is 11.6. The van der Waals surface area contributed by atoms with Gasteiger partial charge in [-0.2, -0.15) is 0 Å². The van der Waals surface area contributed by atoms with E-state index in [2.05, 4.69) is 16.0 Å². The molecule has 6 rings (SSSR count). The second-order valence-corrected chi connectivity index (χ2v) is 16.5. The standard InChI is InChI=1S/C42H53F2N7O8/c1-22-8-10-26(11-9-22)17-35(52)47-31(16-27-14-28(43)18-29(44)15-27)37(53)48-36-25(4)59-42(58)34-13-23(2)20-50(34)39(55)24(3)46-38(54)32-7-5-6-12-49(32)40(56)33-19-30(45)21-51(33)41(36)57/h8-11,14-15,18,23-25,30-34,36H,5-7,12-13,16-17,19-21,45H2,1-4H3,(H,46,54)(H,47,52)(H,48,53)/t23-,24+,25+,30+,31+,32+,33+,34+,36+/m1/s1. The lowest BCUT2D eigenvalue weighted by Crippen LogP contribution is -2.63. The molecule has 0 spiro atoms. The summed E-state index contributed by atoms with van der Waals surface area (Å²) in [6.07, 6.45) is -0.0965. The molecule has 4 aliphatic rings. The molecule has 0 radical (unpaired) electrons. The van der Waals surface area contributed by atoms with E-state index in [1.165, 1.54) is 28.5 Å². The fraction of sp³-hybridized carbons (Fsp3) is 0.548. The van der Waals surface area contributed by atoms with Gasteiger partial charge >= 0.3 is 5.97 Å². The van der Waals surface area contributed by atoms with E-state index in [0.717, 1.165) is 17.7 Å². The number of nitrogens with zero attached hydrogens (tertiary/aromatic N) is 3. The number of carbonyl (C=O) groups is 7. The number of benzene rings is 2. The number of piperidine rings is 1. The van der Waals surface area contributed by atoms with Crippen LogP contribution in [0.25, 0.3) is 0 Å². The highest BCUT2D eigenvalue weighted by Crippen LogP contribution is 2.29. The Morgan fingerprint density at radius 1 is 0.847 bits per heavy atom. The van der Waals surface area contributed by atoms with Crippen molar-refractivity contribution >= 4 is 41.4 Å². The maximum atomic E-state index is 14.8. The van der Waals surface area contributed by atoms with Crippen molar-refractivity contribution in [3.8, 4) is 0 Å². The van der Waals surface area contributed by atoms with E-state index in [1.54, 1.807) is 12.1 Å². The van der Waals surface area contributed by atoms with Crippen LogP contribution >= 0.6 is 0 Å². The Balaban J connectivity index is 1.35. The predicted molar refractivity (Wildman–Crippen MR) is 209 cm³/mol. The van der Waals surface area contributed by atoms with E-state index in [1.807, 2.05) is 26.0 Å². The Morgan fingerprint density at radius 2 is 1.53 bits per heavy atom. The van der Waals surface area contributed by atoms with Crippen LogP contribution in [-0.2, 0) is 51.1 Å². The second-order valence-electron chi connectivity index (χ2n) is 16.5. The fourth-order valence-corrected chi connectivity index (χ4v) is 8.59. The number of carbonyl (C=O) groups excluding carboxylic acids is 7. The summed E-state index contributed by atoms with van der Waals surface area (Å²) in [5.41, 5.74) is 8.01. The Labute approximate surface area is 341 Å². The molecule has 2 aromatic carbocycles. The monoisotopic (exact) mass is 821 g/mol. The number of nitrogens with two attached hydrogens (primary N) is 1. The maximum Gasteiger partial charge on any atom is 0.329 e. The number of halogens is 2. The van der Waals surface area contributed by atoms with Crippen LogP contribution in [-0.4, -0.2) is 124 Å². The van der Waals surface area contributed by atoms with Crippen LogP contribution in [0.2, 0.25) is 0 Å². The third kappa shape index (κ3) is 10.1. The first-order valence-corrected chi connectivity index (χ1v) is 20.3. The molecule has 59 heavy (non-hydrogen) atoms. The first-order chi connectivity index (χ1) is 28.0. The normalized spacial score (nSPS) is 28.6. The molecule has 5 N–H and O–H groups in total. The molecule has 6 amide bonds. The lowest BCUT2D eigenvalue weighted by molar-refractivity contribution is -0.163. The average Bonchev–Trinajstić information content (AvgIpc) is 3.78. The van der Waals surface area contributed by atoms with Gasteiger partial charge in [-0.15, -0.1) is 0 Å². The van der Waals surface area contributed by atoms with Gasteiger partial charge in [-0.3, -0.25) is 28.8 Å². The zero-order chi connectivity index (χ0) is 42.7. The summed E-state index contributed by atoms with van der Waals surface area (Å²) in [5, 5.41) is 8.03. The predicted octanol–water partition coefficient (Wildman–Crippen LogP) is 1.02. The number of hydrogen-bond donors (Lipinski definition) is 4. The van der Waals surface area contributed by atoms with Gasteiger partial charge in [0.1, 0.15) is 54.0 Å². The van der Waals surface area contributed by atoms with E-state index in [4.69, 9.17) is 10.5 Å². The van der Waals surface area contributed by atoms with Crippen LogP contribution in [0.1, 0.15) is 69.6 Å². The van der Waals surface area contributed by atoms with E-state index < -0.39 is 108 Å². The minimum atomic E-state index is -1.66. The van der Waals surface area contributed by atoms with Gasteiger partial charge in [0.15, 0.2) is 0 Å². The molecular formula is C42H53F2N7O8. The maximum absolute atomic E-state index is 14.8. The fourth-order valence-electron chi connectivity index (χ4n) is 8.59. The van der Waals surface area contributed by atoms with Gasteiger partial charge in [0, 0.05) is 38.2 Å². The van der Waals surface area contributed by atoms with Crippen LogP contribution in [0, 0.1) is 24.5 Å². The van der Waals surface area contributed by atoms with Crippen molar-refractivity contribution in [3.05, 3.63) is 70.8 Å². The summed E-state index contributed by atoms with van der Waals surface area (Å²) < 4.78 is 34.6. The van der Waals surface area contributed by atoms with Gasteiger partial charge in [0.05, 0.1) is 6.42 Å². The smallest absolute Gasteiger partial charge is 0.329 e. The van der Waals surface area contributed by atoms with Crippen molar-refractivity contribution in [2.45, 2.75) is 121 Å². The highest BCUT2D eigenvalue weighted by Gasteiger charge is 2.48. The molecule has 318 valence electrons. The summed E-state index contributed by atoms with van der Waals surface area (Å²) in [6, 6.07) is 1.83. The minimum Gasteiger partial charge on any atom is -0.458 e. The van der Waals surface area contributed by atoms with Crippen molar-refractivity contribution in [1.82, 2.24) is 30.7 Å². The van der Waals surface area contributed by atoms with Crippen molar-refractivity contribution in [1.29, 1.82) is 0 Å². The summed E-state index contributed by atoms with van der Waals surface area (Å²) in [7, 11) is 0. The molecule has 4 heterocycles. The highest BCUT2D eigenvalue weighted by atomic mass is 19.1. The molecule has 17 heteroatoms. The summed E-state index contributed by atoms with van der Waals surface area (Å²) in [4.78, 5) is 102. The number of fused-ring (bicyclic) bond motifs is 3. The largest absolute Gasteiger partial charge is 0.458 e. The molecule has 4 aliphatic heterocycles. The molecule has 0 unspecified atom stereocenters. The van der Waals surface area contributed by atoms with Gasteiger partial charge in [-0.1, -0.05) is 36.8 Å². The number of hydrogen-bond acceptors (Lipinski definition) is 9. The quantitative estimate of drug-likeness (QED) is 0.295. The van der Waals surface area contributed by atoms with Gasteiger partial charge in [0.25, 0.3) is 0 Å². The zero-order valence-electron chi connectivity index (χ0n) is 33.7. The molecule has 15 nitrogen and oxygen atoms in total. The van der Waals surface area contributed by atoms with Crippen LogP contribution in [0.3, 0.4) is 0 Å². The number of esters is 1. The lowest BCUT2D eigenvalue weighted by atomic mass is 9.98. The Morgan fingerprint density at radius 3 is 2.22 bits per heavy atom. The van der Waals surface area contributed by atoms with Crippen molar-refractivity contribution in [2.75, 3.05) is 19.6 Å². The number of cyclic esters (lactones) is 1. The molecule has 0 aromatic heterocycles. The van der Waals surface area contributed by atoms with Crippen LogP contribution in [0.5, 0.6) is 0 Å². The molecule has 0 saturated carbocycles. The number of amides is 6. The second kappa shape index (κ2) is 18.2. The average molecular weight is 822 g/mol.